The van der Waals surface area contributed by atoms with Gasteiger partial charge in [-0.15, -0.1) is 11.3 Å². The zero-order chi connectivity index (χ0) is 12.5. The Balaban J connectivity index is 1.82. The number of thiophene rings is 1. The van der Waals surface area contributed by atoms with Crippen molar-refractivity contribution >= 4 is 17.2 Å². The van der Waals surface area contributed by atoms with Gasteiger partial charge >= 0.3 is 0 Å². The second-order valence-electron chi connectivity index (χ2n) is 4.63. The minimum absolute atomic E-state index is 0.0946. The van der Waals surface area contributed by atoms with Crippen LogP contribution in [0.4, 0.5) is 0 Å². The minimum atomic E-state index is 0.0946. The van der Waals surface area contributed by atoms with Crippen LogP contribution >= 0.6 is 11.3 Å². The zero-order valence-corrected chi connectivity index (χ0v) is 11.1. The largest absolute Gasteiger partial charge is 0.469 e. The van der Waals surface area contributed by atoms with Gasteiger partial charge in [0.25, 0.3) is 5.91 Å². The normalized spacial score (nSPS) is 14.7. The summed E-state index contributed by atoms with van der Waals surface area (Å²) in [6, 6.07) is 6.28. The van der Waals surface area contributed by atoms with Gasteiger partial charge in [0.05, 0.1) is 18.4 Å². The Labute approximate surface area is 110 Å². The van der Waals surface area contributed by atoms with E-state index in [-0.39, 0.29) is 5.91 Å². The number of carbonyl (C=O) groups is 1. The summed E-state index contributed by atoms with van der Waals surface area (Å²) in [6.07, 6.45) is 3.82. The van der Waals surface area contributed by atoms with E-state index in [2.05, 4.69) is 6.07 Å². The van der Waals surface area contributed by atoms with Crippen molar-refractivity contribution in [1.29, 1.82) is 0 Å². The van der Waals surface area contributed by atoms with Crippen molar-refractivity contribution in [3.63, 3.8) is 0 Å². The van der Waals surface area contributed by atoms with Gasteiger partial charge in [0.1, 0.15) is 5.76 Å². The fraction of sp³-hybridized carbons (Fsp3) is 0.357. The van der Waals surface area contributed by atoms with E-state index in [0.717, 1.165) is 12.8 Å². The molecule has 1 aliphatic carbocycles. The molecule has 1 saturated carbocycles. The summed E-state index contributed by atoms with van der Waals surface area (Å²) in [5.41, 5.74) is 0.693. The number of hydrogen-bond donors (Lipinski definition) is 0. The van der Waals surface area contributed by atoms with Crippen LogP contribution in [0.2, 0.25) is 0 Å². The molecule has 1 amide bonds. The third-order valence-electron chi connectivity index (χ3n) is 3.24. The number of rotatable bonds is 4. The van der Waals surface area contributed by atoms with Crippen molar-refractivity contribution in [3.8, 4) is 0 Å². The molecule has 2 aromatic heterocycles. The molecule has 0 saturated heterocycles. The lowest BCUT2D eigenvalue weighted by Gasteiger charge is -2.21. The molecule has 0 N–H and O–H groups in total. The summed E-state index contributed by atoms with van der Waals surface area (Å²) in [5.74, 6) is 0.800. The fourth-order valence-electron chi connectivity index (χ4n) is 2.08. The highest BCUT2D eigenvalue weighted by atomic mass is 32.1. The van der Waals surface area contributed by atoms with Crippen LogP contribution in [-0.4, -0.2) is 16.8 Å². The second kappa shape index (κ2) is 4.61. The van der Waals surface area contributed by atoms with Gasteiger partial charge in [-0.2, -0.15) is 0 Å². The van der Waals surface area contributed by atoms with Gasteiger partial charge in [-0.3, -0.25) is 4.79 Å². The van der Waals surface area contributed by atoms with E-state index < -0.39 is 0 Å². The fourth-order valence-corrected chi connectivity index (χ4v) is 2.79. The molecule has 0 radical (unpaired) electrons. The Morgan fingerprint density at radius 2 is 2.33 bits per heavy atom. The lowest BCUT2D eigenvalue weighted by atomic mass is 10.2. The number of nitrogens with zero attached hydrogens (tertiary/aromatic N) is 1. The van der Waals surface area contributed by atoms with Crippen molar-refractivity contribution in [2.45, 2.75) is 32.4 Å². The third-order valence-corrected chi connectivity index (χ3v) is 4.11. The molecule has 3 nitrogen and oxygen atoms in total. The molecule has 4 heteroatoms. The molecule has 0 aromatic carbocycles. The topological polar surface area (TPSA) is 33.5 Å². The van der Waals surface area contributed by atoms with Crippen LogP contribution in [-0.2, 0) is 6.54 Å². The Morgan fingerprint density at radius 3 is 2.89 bits per heavy atom. The van der Waals surface area contributed by atoms with Gasteiger partial charge in [-0.25, -0.2) is 0 Å². The summed E-state index contributed by atoms with van der Waals surface area (Å²) in [5, 5.41) is 2.05. The maximum Gasteiger partial charge on any atom is 0.257 e. The molecule has 18 heavy (non-hydrogen) atoms. The van der Waals surface area contributed by atoms with Crippen LogP contribution in [0.1, 0.15) is 33.8 Å². The average molecular weight is 261 g/mol. The minimum Gasteiger partial charge on any atom is -0.469 e. The molecule has 1 aliphatic rings. The van der Waals surface area contributed by atoms with Gasteiger partial charge in [0.15, 0.2) is 0 Å². The Hall–Kier alpha value is -1.55. The lowest BCUT2D eigenvalue weighted by molar-refractivity contribution is 0.0730. The van der Waals surface area contributed by atoms with Crippen molar-refractivity contribution < 1.29 is 9.21 Å². The van der Waals surface area contributed by atoms with E-state index in [1.807, 2.05) is 23.3 Å². The van der Waals surface area contributed by atoms with Crippen LogP contribution < -0.4 is 0 Å². The molecule has 1 fully saturated rings. The first-order valence-electron chi connectivity index (χ1n) is 6.13. The standard InChI is InChI=1S/C14H15NO2S/c1-10-13(6-7-17-10)14(16)15(11-4-5-11)9-12-3-2-8-18-12/h2-3,6-8,11H,4-5,9H2,1H3. The van der Waals surface area contributed by atoms with E-state index in [1.165, 1.54) is 4.88 Å². The van der Waals surface area contributed by atoms with Crippen LogP contribution in [0.25, 0.3) is 0 Å². The van der Waals surface area contributed by atoms with Crippen molar-refractivity contribution in [2.75, 3.05) is 0 Å². The monoisotopic (exact) mass is 261 g/mol. The first-order chi connectivity index (χ1) is 8.75. The number of amides is 1. The summed E-state index contributed by atoms with van der Waals surface area (Å²) in [7, 11) is 0. The van der Waals surface area contributed by atoms with E-state index >= 15 is 0 Å². The van der Waals surface area contributed by atoms with Gasteiger partial charge in [-0.05, 0) is 37.3 Å². The predicted octanol–water partition coefficient (Wildman–Crippen LogP) is 3.45. The van der Waals surface area contributed by atoms with E-state index in [0.29, 0.717) is 23.9 Å². The molecular weight excluding hydrogens is 246 g/mol. The van der Waals surface area contributed by atoms with Crippen molar-refractivity contribution in [1.82, 2.24) is 4.90 Å². The Bertz CT molecular complexity index is 540. The maximum atomic E-state index is 12.5. The average Bonchev–Trinajstić information content (AvgIpc) is 2.89. The molecule has 2 aromatic rings. The first-order valence-corrected chi connectivity index (χ1v) is 7.01. The number of aryl methyl sites for hydroxylation is 1. The molecule has 0 spiro atoms. The molecule has 0 bridgehead atoms. The van der Waals surface area contributed by atoms with E-state index in [1.54, 1.807) is 23.7 Å². The summed E-state index contributed by atoms with van der Waals surface area (Å²) < 4.78 is 5.23. The highest BCUT2D eigenvalue weighted by Gasteiger charge is 2.34. The van der Waals surface area contributed by atoms with E-state index in [9.17, 15) is 4.79 Å². The van der Waals surface area contributed by atoms with Crippen molar-refractivity contribution in [2.24, 2.45) is 0 Å². The van der Waals surface area contributed by atoms with Gasteiger partial charge < -0.3 is 9.32 Å². The van der Waals surface area contributed by atoms with Crippen LogP contribution in [0.5, 0.6) is 0 Å². The number of hydrogen-bond acceptors (Lipinski definition) is 3. The lowest BCUT2D eigenvalue weighted by Crippen LogP contribution is -2.32. The first kappa shape index (κ1) is 11.5. The molecule has 2 heterocycles. The van der Waals surface area contributed by atoms with Crippen LogP contribution in [0.15, 0.2) is 34.3 Å². The summed E-state index contributed by atoms with van der Waals surface area (Å²) in [6.45, 7) is 2.55. The third kappa shape index (κ3) is 2.20. The van der Waals surface area contributed by atoms with Gasteiger partial charge in [0, 0.05) is 10.9 Å². The maximum absolute atomic E-state index is 12.5. The highest BCUT2D eigenvalue weighted by molar-refractivity contribution is 7.09. The smallest absolute Gasteiger partial charge is 0.257 e. The zero-order valence-electron chi connectivity index (χ0n) is 10.3. The molecule has 0 unspecified atom stereocenters. The van der Waals surface area contributed by atoms with Crippen LogP contribution in [0.3, 0.4) is 0 Å². The van der Waals surface area contributed by atoms with Gasteiger partial charge in [-0.1, -0.05) is 6.07 Å². The SMILES string of the molecule is Cc1occc1C(=O)N(Cc1cccs1)C1CC1. The van der Waals surface area contributed by atoms with Gasteiger partial charge in [0.2, 0.25) is 0 Å². The summed E-state index contributed by atoms with van der Waals surface area (Å²) in [4.78, 5) is 15.7. The van der Waals surface area contributed by atoms with Crippen molar-refractivity contribution in [3.05, 3.63) is 46.0 Å². The molecular formula is C14H15NO2S. The molecule has 0 atom stereocenters. The number of furan rings is 1. The molecule has 94 valence electrons. The van der Waals surface area contributed by atoms with Crippen LogP contribution in [0, 0.1) is 6.92 Å². The molecule has 0 aliphatic heterocycles. The number of carbonyl (C=O) groups excluding carboxylic acids is 1. The predicted molar refractivity (Wildman–Crippen MR) is 70.7 cm³/mol. The Morgan fingerprint density at radius 1 is 1.50 bits per heavy atom. The second-order valence-corrected chi connectivity index (χ2v) is 5.67. The van der Waals surface area contributed by atoms with E-state index in [4.69, 9.17) is 4.42 Å². The quantitative estimate of drug-likeness (QED) is 0.844. The Kier molecular flexibility index (Phi) is 2.96. The summed E-state index contributed by atoms with van der Waals surface area (Å²) >= 11 is 1.70. The highest BCUT2D eigenvalue weighted by Crippen LogP contribution is 2.31. The molecule has 3 rings (SSSR count).